The number of carbonyl (C=O) groups excluding carboxylic acids is 5. The average molecular weight is 558 g/mol. The van der Waals surface area contributed by atoms with Gasteiger partial charge in [0.25, 0.3) is 0 Å². The Balaban J connectivity index is 2.98. The van der Waals surface area contributed by atoms with Crippen LogP contribution in [0.1, 0.15) is 112 Å². The molecule has 0 saturated carbocycles. The molecule has 11 heteroatoms. The Kier molecular flexibility index (Phi) is 17.1. The standard InChI is InChI=1S/C28H47NO10/c1-6-8-10-12-14-16-23(33)29-28-27(38-21(5)32)26(37-20(4)31)25(39-28)22(36-19(3)30)18-35-24(34)17-15-13-11-9-7-2/h22,25-28H,6-18H2,1-5H3,(H,29,33)/t22-,25-,26?,27+,28-/m1/s1. The lowest BCUT2D eigenvalue weighted by Gasteiger charge is -2.27. The first kappa shape index (κ1) is 34.3. The molecule has 0 radical (unpaired) electrons. The number of ether oxygens (including phenoxy) is 5. The van der Waals surface area contributed by atoms with E-state index in [1.54, 1.807) is 0 Å². The summed E-state index contributed by atoms with van der Waals surface area (Å²) in [5, 5.41) is 2.70. The monoisotopic (exact) mass is 557 g/mol. The number of nitrogens with one attached hydrogen (secondary N) is 1. The predicted molar refractivity (Wildman–Crippen MR) is 141 cm³/mol. The Morgan fingerprint density at radius 3 is 1.79 bits per heavy atom. The highest BCUT2D eigenvalue weighted by molar-refractivity contribution is 5.76. The highest BCUT2D eigenvalue weighted by atomic mass is 16.7. The van der Waals surface area contributed by atoms with E-state index < -0.39 is 54.5 Å². The Bertz CT molecular complexity index is 786. The Labute approximate surface area is 232 Å². The van der Waals surface area contributed by atoms with Crippen molar-refractivity contribution in [3.8, 4) is 0 Å². The summed E-state index contributed by atoms with van der Waals surface area (Å²) in [5.74, 6) is -2.84. The van der Waals surface area contributed by atoms with Gasteiger partial charge < -0.3 is 29.0 Å². The molecule has 0 spiro atoms. The van der Waals surface area contributed by atoms with E-state index >= 15 is 0 Å². The summed E-state index contributed by atoms with van der Waals surface area (Å²) < 4.78 is 27.5. The van der Waals surface area contributed by atoms with E-state index in [0.29, 0.717) is 12.8 Å². The zero-order valence-electron chi connectivity index (χ0n) is 24.2. The largest absolute Gasteiger partial charge is 0.462 e. The van der Waals surface area contributed by atoms with Crippen molar-refractivity contribution in [3.63, 3.8) is 0 Å². The summed E-state index contributed by atoms with van der Waals surface area (Å²) in [7, 11) is 0. The first-order valence-electron chi connectivity index (χ1n) is 14.2. The SMILES string of the molecule is CCCCCCCC(=O)N[C@@H]1O[C@H]([C@@H](COC(=O)CCCCCCC)OC(C)=O)C(OC(C)=O)[C@@H]1OC(C)=O. The minimum Gasteiger partial charge on any atom is -0.462 e. The molecule has 39 heavy (non-hydrogen) atoms. The van der Waals surface area contributed by atoms with Crippen LogP contribution in [-0.4, -0.2) is 67.0 Å². The lowest BCUT2D eigenvalue weighted by molar-refractivity contribution is -0.177. The average Bonchev–Trinajstić information content (AvgIpc) is 3.16. The van der Waals surface area contributed by atoms with Crippen molar-refractivity contribution in [1.29, 1.82) is 0 Å². The molecule has 1 aliphatic heterocycles. The quantitative estimate of drug-likeness (QED) is 0.141. The van der Waals surface area contributed by atoms with Gasteiger partial charge in [0.1, 0.15) is 12.7 Å². The van der Waals surface area contributed by atoms with E-state index in [9.17, 15) is 24.0 Å². The lowest BCUT2D eigenvalue weighted by Crippen LogP contribution is -2.48. The third-order valence-corrected chi connectivity index (χ3v) is 6.24. The molecular formula is C28H47NO10. The van der Waals surface area contributed by atoms with Gasteiger partial charge in [-0.25, -0.2) is 0 Å². The normalized spacial score (nSPS) is 21.1. The number of carbonyl (C=O) groups is 5. The van der Waals surface area contributed by atoms with E-state index in [1.807, 2.05) is 0 Å². The molecule has 0 aromatic carbocycles. The van der Waals surface area contributed by atoms with Crippen LogP contribution in [0.5, 0.6) is 0 Å². The molecule has 0 aromatic rings. The van der Waals surface area contributed by atoms with E-state index in [-0.39, 0.29) is 25.4 Å². The minimum atomic E-state index is -1.22. The zero-order valence-corrected chi connectivity index (χ0v) is 24.2. The summed E-state index contributed by atoms with van der Waals surface area (Å²) in [5.41, 5.74) is 0. The fraction of sp³-hybridized carbons (Fsp3) is 0.821. The maximum Gasteiger partial charge on any atom is 0.305 e. The molecule has 0 aliphatic carbocycles. The summed E-state index contributed by atoms with van der Waals surface area (Å²) >= 11 is 0. The molecule has 1 heterocycles. The van der Waals surface area contributed by atoms with Gasteiger partial charge in [0.05, 0.1) is 0 Å². The molecule has 1 amide bonds. The van der Waals surface area contributed by atoms with Crippen LogP contribution in [0.15, 0.2) is 0 Å². The third-order valence-electron chi connectivity index (χ3n) is 6.24. The van der Waals surface area contributed by atoms with Crippen LogP contribution in [-0.2, 0) is 47.7 Å². The number of rotatable bonds is 19. The molecule has 1 rings (SSSR count). The lowest BCUT2D eigenvalue weighted by atomic mass is 10.0. The van der Waals surface area contributed by atoms with E-state index in [0.717, 1.165) is 51.4 Å². The van der Waals surface area contributed by atoms with Crippen LogP contribution in [0.3, 0.4) is 0 Å². The van der Waals surface area contributed by atoms with Gasteiger partial charge in [-0.1, -0.05) is 65.2 Å². The fourth-order valence-corrected chi connectivity index (χ4v) is 4.39. The smallest absolute Gasteiger partial charge is 0.305 e. The number of hydrogen-bond donors (Lipinski definition) is 1. The van der Waals surface area contributed by atoms with Gasteiger partial charge >= 0.3 is 23.9 Å². The van der Waals surface area contributed by atoms with Gasteiger partial charge in [-0.05, 0) is 12.8 Å². The van der Waals surface area contributed by atoms with Gasteiger partial charge in [-0.15, -0.1) is 0 Å². The van der Waals surface area contributed by atoms with Crippen molar-refractivity contribution in [2.45, 2.75) is 142 Å². The number of unbranched alkanes of at least 4 members (excludes halogenated alkanes) is 8. The second-order valence-electron chi connectivity index (χ2n) is 9.90. The first-order chi connectivity index (χ1) is 18.6. The van der Waals surface area contributed by atoms with Gasteiger partial charge in [0.15, 0.2) is 24.5 Å². The summed E-state index contributed by atoms with van der Waals surface area (Å²) in [6, 6.07) is 0. The van der Waals surface area contributed by atoms with E-state index in [4.69, 9.17) is 23.7 Å². The predicted octanol–water partition coefficient (Wildman–Crippen LogP) is 3.89. The van der Waals surface area contributed by atoms with Crippen molar-refractivity contribution in [3.05, 3.63) is 0 Å². The first-order valence-corrected chi connectivity index (χ1v) is 14.2. The van der Waals surface area contributed by atoms with Crippen LogP contribution in [0.25, 0.3) is 0 Å². The van der Waals surface area contributed by atoms with E-state index in [1.165, 1.54) is 20.8 Å². The Hall–Kier alpha value is -2.69. The van der Waals surface area contributed by atoms with Crippen LogP contribution < -0.4 is 5.32 Å². The fourth-order valence-electron chi connectivity index (χ4n) is 4.39. The van der Waals surface area contributed by atoms with Crippen LogP contribution in [0.4, 0.5) is 0 Å². The molecule has 1 N–H and O–H groups in total. The van der Waals surface area contributed by atoms with Crippen molar-refractivity contribution in [2.24, 2.45) is 0 Å². The molecule has 1 saturated heterocycles. The summed E-state index contributed by atoms with van der Waals surface area (Å²) in [6.07, 6.45) is 4.09. The second-order valence-corrected chi connectivity index (χ2v) is 9.90. The maximum absolute atomic E-state index is 12.6. The van der Waals surface area contributed by atoms with Crippen molar-refractivity contribution in [1.82, 2.24) is 5.32 Å². The highest BCUT2D eigenvalue weighted by Gasteiger charge is 2.53. The molecule has 1 fully saturated rings. The molecule has 1 unspecified atom stereocenters. The second kappa shape index (κ2) is 19.4. The molecule has 224 valence electrons. The van der Waals surface area contributed by atoms with Crippen LogP contribution in [0, 0.1) is 0 Å². The third kappa shape index (κ3) is 14.3. The van der Waals surface area contributed by atoms with Crippen molar-refractivity contribution >= 4 is 29.8 Å². The summed E-state index contributed by atoms with van der Waals surface area (Å²) in [4.78, 5) is 60.7. The van der Waals surface area contributed by atoms with Crippen LogP contribution in [0.2, 0.25) is 0 Å². The van der Waals surface area contributed by atoms with E-state index in [2.05, 4.69) is 19.2 Å². The molecule has 5 atom stereocenters. The Morgan fingerprint density at radius 1 is 0.718 bits per heavy atom. The zero-order chi connectivity index (χ0) is 29.2. The van der Waals surface area contributed by atoms with Crippen molar-refractivity contribution < 1.29 is 47.7 Å². The topological polar surface area (TPSA) is 144 Å². The maximum atomic E-state index is 12.6. The molecule has 1 aliphatic rings. The number of hydrogen-bond acceptors (Lipinski definition) is 10. The number of amides is 1. The van der Waals surface area contributed by atoms with Gasteiger partial charge in [-0.3, -0.25) is 24.0 Å². The molecule has 11 nitrogen and oxygen atoms in total. The van der Waals surface area contributed by atoms with Gasteiger partial charge in [-0.2, -0.15) is 0 Å². The summed E-state index contributed by atoms with van der Waals surface area (Å²) in [6.45, 7) is 7.38. The number of esters is 4. The highest BCUT2D eigenvalue weighted by Crippen LogP contribution is 2.30. The van der Waals surface area contributed by atoms with Crippen LogP contribution >= 0.6 is 0 Å². The molecular weight excluding hydrogens is 510 g/mol. The Morgan fingerprint density at radius 2 is 1.26 bits per heavy atom. The van der Waals surface area contributed by atoms with Gasteiger partial charge in [0.2, 0.25) is 5.91 Å². The molecule has 0 bridgehead atoms. The van der Waals surface area contributed by atoms with Gasteiger partial charge in [0, 0.05) is 33.6 Å². The van der Waals surface area contributed by atoms with Crippen molar-refractivity contribution in [2.75, 3.05) is 6.61 Å². The minimum absolute atomic E-state index is 0.211. The molecule has 0 aromatic heterocycles.